The Balaban J connectivity index is 2.85. The molecule has 1 fully saturated rings. The first-order valence-electron chi connectivity index (χ1n) is 4.49. The maximum atomic E-state index is 11.4. The third-order valence-corrected chi connectivity index (χ3v) is 3.89. The zero-order valence-electron chi connectivity index (χ0n) is 8.69. The number of rotatable bonds is 1. The van der Waals surface area contributed by atoms with Gasteiger partial charge in [-0.05, 0) is 20.9 Å². The quantitative estimate of drug-likeness (QED) is 0.605. The monoisotopic (exact) mass is 206 g/mol. The largest absolute Gasteiger partial charge is 0.303 e. The molecule has 1 aliphatic rings. The molecule has 1 aliphatic heterocycles. The standard InChI is InChI=1S/C8H18N2O2S/c1-7-5-9(3)6-8(2)10(7)13(4,11)12/h7-8H,5-6H2,1-4H3/t7-,8-/m1/s1. The van der Waals surface area contributed by atoms with Crippen LogP contribution in [0.4, 0.5) is 0 Å². The van der Waals surface area contributed by atoms with Gasteiger partial charge in [-0.3, -0.25) is 0 Å². The van der Waals surface area contributed by atoms with Gasteiger partial charge in [0.1, 0.15) is 0 Å². The summed E-state index contributed by atoms with van der Waals surface area (Å²) < 4.78 is 24.4. The first-order valence-corrected chi connectivity index (χ1v) is 6.34. The Labute approximate surface area is 80.6 Å². The molecule has 78 valence electrons. The average molecular weight is 206 g/mol. The van der Waals surface area contributed by atoms with Gasteiger partial charge < -0.3 is 4.90 Å². The van der Waals surface area contributed by atoms with E-state index in [9.17, 15) is 8.42 Å². The highest BCUT2D eigenvalue weighted by atomic mass is 32.2. The molecule has 4 nitrogen and oxygen atoms in total. The van der Waals surface area contributed by atoms with Gasteiger partial charge in [-0.25, -0.2) is 8.42 Å². The van der Waals surface area contributed by atoms with Crippen LogP contribution in [0.25, 0.3) is 0 Å². The average Bonchev–Trinajstić information content (AvgIpc) is 1.78. The first-order chi connectivity index (χ1) is 5.82. The molecule has 0 aliphatic carbocycles. The van der Waals surface area contributed by atoms with Crippen LogP contribution in [0.3, 0.4) is 0 Å². The van der Waals surface area contributed by atoms with E-state index in [4.69, 9.17) is 0 Å². The summed E-state index contributed by atoms with van der Waals surface area (Å²) in [7, 11) is -1.02. The molecular formula is C8H18N2O2S. The molecule has 13 heavy (non-hydrogen) atoms. The Bertz CT molecular complexity index is 264. The summed E-state index contributed by atoms with van der Waals surface area (Å²) >= 11 is 0. The molecule has 0 amide bonds. The molecule has 2 atom stereocenters. The maximum Gasteiger partial charge on any atom is 0.211 e. The lowest BCUT2D eigenvalue weighted by Gasteiger charge is -2.41. The maximum absolute atomic E-state index is 11.4. The molecule has 1 saturated heterocycles. The lowest BCUT2D eigenvalue weighted by Crippen LogP contribution is -2.57. The molecule has 5 heteroatoms. The van der Waals surface area contributed by atoms with Crippen LogP contribution in [0.1, 0.15) is 13.8 Å². The van der Waals surface area contributed by atoms with Gasteiger partial charge in [0, 0.05) is 25.2 Å². The van der Waals surface area contributed by atoms with Gasteiger partial charge in [0.05, 0.1) is 6.26 Å². The van der Waals surface area contributed by atoms with E-state index in [1.165, 1.54) is 6.26 Å². The molecule has 0 aromatic heterocycles. The number of sulfonamides is 1. The minimum Gasteiger partial charge on any atom is -0.303 e. The minimum absolute atomic E-state index is 0.0868. The topological polar surface area (TPSA) is 40.6 Å². The van der Waals surface area contributed by atoms with Gasteiger partial charge in [-0.1, -0.05) is 0 Å². The van der Waals surface area contributed by atoms with E-state index in [-0.39, 0.29) is 12.1 Å². The van der Waals surface area contributed by atoms with Crippen molar-refractivity contribution in [2.75, 3.05) is 26.4 Å². The third kappa shape index (κ3) is 2.42. The van der Waals surface area contributed by atoms with Crippen LogP contribution in [-0.2, 0) is 10.0 Å². The highest BCUT2D eigenvalue weighted by Crippen LogP contribution is 2.17. The fourth-order valence-electron chi connectivity index (χ4n) is 2.23. The van der Waals surface area contributed by atoms with E-state index in [1.807, 2.05) is 20.9 Å². The summed E-state index contributed by atoms with van der Waals surface area (Å²) in [6, 6.07) is 0.174. The van der Waals surface area contributed by atoms with Crippen molar-refractivity contribution in [3.05, 3.63) is 0 Å². The molecule has 1 rings (SSSR count). The summed E-state index contributed by atoms with van der Waals surface area (Å²) in [6.07, 6.45) is 1.28. The Hall–Kier alpha value is -0.130. The van der Waals surface area contributed by atoms with E-state index < -0.39 is 10.0 Å². The molecule has 0 spiro atoms. The van der Waals surface area contributed by atoms with Crippen LogP contribution in [0.2, 0.25) is 0 Å². The van der Waals surface area contributed by atoms with Crippen LogP contribution in [0, 0.1) is 0 Å². The van der Waals surface area contributed by atoms with Crippen LogP contribution >= 0.6 is 0 Å². The zero-order chi connectivity index (χ0) is 10.2. The highest BCUT2D eigenvalue weighted by Gasteiger charge is 2.33. The molecule has 0 bridgehead atoms. The fraction of sp³-hybridized carbons (Fsp3) is 1.00. The van der Waals surface area contributed by atoms with Gasteiger partial charge in [0.2, 0.25) is 10.0 Å². The van der Waals surface area contributed by atoms with Gasteiger partial charge in [0.15, 0.2) is 0 Å². The van der Waals surface area contributed by atoms with Crippen molar-refractivity contribution < 1.29 is 8.42 Å². The van der Waals surface area contributed by atoms with E-state index in [1.54, 1.807) is 4.31 Å². The normalized spacial score (nSPS) is 33.5. The Kier molecular flexibility index (Phi) is 2.99. The van der Waals surface area contributed by atoms with Crippen LogP contribution < -0.4 is 0 Å². The molecular weight excluding hydrogens is 188 g/mol. The molecule has 0 N–H and O–H groups in total. The van der Waals surface area contributed by atoms with Crippen molar-refractivity contribution in [2.45, 2.75) is 25.9 Å². The van der Waals surface area contributed by atoms with Gasteiger partial charge in [-0.2, -0.15) is 4.31 Å². The summed E-state index contributed by atoms with van der Waals surface area (Å²) in [6.45, 7) is 5.54. The molecule has 0 aromatic carbocycles. The van der Waals surface area contributed by atoms with Gasteiger partial charge in [0.25, 0.3) is 0 Å². The van der Waals surface area contributed by atoms with E-state index in [0.29, 0.717) is 0 Å². The number of hydrogen-bond donors (Lipinski definition) is 0. The molecule has 1 heterocycles. The van der Waals surface area contributed by atoms with Gasteiger partial charge >= 0.3 is 0 Å². The second-order valence-electron chi connectivity index (χ2n) is 4.01. The first kappa shape index (κ1) is 10.9. The van der Waals surface area contributed by atoms with E-state index >= 15 is 0 Å². The summed E-state index contributed by atoms with van der Waals surface area (Å²) in [5.74, 6) is 0. The molecule has 0 radical (unpaired) electrons. The zero-order valence-corrected chi connectivity index (χ0v) is 9.50. The second kappa shape index (κ2) is 3.55. The summed E-state index contributed by atoms with van der Waals surface area (Å²) in [5, 5.41) is 0. The van der Waals surface area contributed by atoms with Gasteiger partial charge in [-0.15, -0.1) is 0 Å². The smallest absolute Gasteiger partial charge is 0.211 e. The minimum atomic E-state index is -3.04. The Morgan fingerprint density at radius 2 is 1.54 bits per heavy atom. The van der Waals surface area contributed by atoms with E-state index in [2.05, 4.69) is 4.90 Å². The lowest BCUT2D eigenvalue weighted by atomic mass is 10.2. The van der Waals surface area contributed by atoms with Crippen LogP contribution in [0.5, 0.6) is 0 Å². The van der Waals surface area contributed by atoms with Crippen molar-refractivity contribution in [3.63, 3.8) is 0 Å². The Morgan fingerprint density at radius 1 is 1.15 bits per heavy atom. The molecule has 0 unspecified atom stereocenters. The Morgan fingerprint density at radius 3 is 1.85 bits per heavy atom. The van der Waals surface area contributed by atoms with Crippen LogP contribution in [0.15, 0.2) is 0 Å². The van der Waals surface area contributed by atoms with Crippen molar-refractivity contribution in [1.29, 1.82) is 0 Å². The highest BCUT2D eigenvalue weighted by molar-refractivity contribution is 7.88. The summed E-state index contributed by atoms with van der Waals surface area (Å²) in [5.41, 5.74) is 0. The van der Waals surface area contributed by atoms with Crippen molar-refractivity contribution in [3.8, 4) is 0 Å². The molecule has 0 aromatic rings. The van der Waals surface area contributed by atoms with Crippen molar-refractivity contribution in [2.24, 2.45) is 0 Å². The van der Waals surface area contributed by atoms with E-state index in [0.717, 1.165) is 13.1 Å². The predicted octanol–water partition coefficient (Wildman–Crippen LogP) is -0.0296. The number of likely N-dealkylation sites (N-methyl/N-ethyl adjacent to an activating group) is 1. The van der Waals surface area contributed by atoms with Crippen LogP contribution in [-0.4, -0.2) is 56.1 Å². The second-order valence-corrected chi connectivity index (χ2v) is 5.90. The third-order valence-electron chi connectivity index (χ3n) is 2.40. The van der Waals surface area contributed by atoms with Crippen molar-refractivity contribution >= 4 is 10.0 Å². The lowest BCUT2D eigenvalue weighted by molar-refractivity contribution is 0.124. The summed E-state index contributed by atoms with van der Waals surface area (Å²) in [4.78, 5) is 2.16. The van der Waals surface area contributed by atoms with Crippen molar-refractivity contribution in [1.82, 2.24) is 9.21 Å². The number of hydrogen-bond acceptors (Lipinski definition) is 3. The fourth-order valence-corrected chi connectivity index (χ4v) is 3.67. The predicted molar refractivity (Wildman–Crippen MR) is 53.1 cm³/mol. The number of piperazine rings is 1. The SMILES string of the molecule is C[C@@H]1CN(C)C[C@@H](C)N1S(C)(=O)=O. The number of nitrogens with zero attached hydrogens (tertiary/aromatic N) is 2. The molecule has 0 saturated carbocycles.